The molecule has 0 spiro atoms. The summed E-state index contributed by atoms with van der Waals surface area (Å²) in [5.41, 5.74) is 2.05. The summed E-state index contributed by atoms with van der Waals surface area (Å²) in [6, 6.07) is 20.0. The summed E-state index contributed by atoms with van der Waals surface area (Å²) >= 11 is 1.25. The predicted octanol–water partition coefficient (Wildman–Crippen LogP) is 4.98. The molecular formula is C28H27N3O6S. The Hall–Kier alpha value is -4.18. The molecule has 10 heteroatoms. The number of aliphatic imine (C=N–C) groups is 1. The molecule has 196 valence electrons. The number of para-hydroxylation sites is 2. The number of fused-ring (bicyclic) bond motifs is 1. The molecule has 5 rings (SSSR count). The number of ether oxygens (including phenoxy) is 4. The van der Waals surface area contributed by atoms with Crippen LogP contribution in [0, 0.1) is 0 Å². The van der Waals surface area contributed by atoms with Crippen LogP contribution >= 0.6 is 11.8 Å². The number of amidine groups is 1. The van der Waals surface area contributed by atoms with Crippen molar-refractivity contribution in [3.8, 4) is 23.0 Å². The summed E-state index contributed by atoms with van der Waals surface area (Å²) in [6.07, 6.45) is 0.0263. The van der Waals surface area contributed by atoms with Crippen LogP contribution in [0.5, 0.6) is 23.0 Å². The molecule has 0 radical (unpaired) electrons. The van der Waals surface area contributed by atoms with Crippen molar-refractivity contribution in [2.24, 2.45) is 4.99 Å². The number of nitrogens with one attached hydrogen (secondary N) is 1. The number of hydrogen-bond donors (Lipinski definition) is 1. The summed E-state index contributed by atoms with van der Waals surface area (Å²) in [4.78, 5) is 33.0. The molecule has 1 atom stereocenters. The van der Waals surface area contributed by atoms with Crippen molar-refractivity contribution in [2.45, 2.75) is 25.1 Å². The number of amides is 2. The van der Waals surface area contributed by atoms with Gasteiger partial charge >= 0.3 is 0 Å². The molecular weight excluding hydrogens is 506 g/mol. The molecule has 3 aromatic rings. The molecule has 0 aromatic heterocycles. The van der Waals surface area contributed by atoms with Gasteiger partial charge in [0.2, 0.25) is 18.6 Å². The maximum atomic E-state index is 13.4. The average Bonchev–Trinajstić information content (AvgIpc) is 3.40. The second-order valence-electron chi connectivity index (χ2n) is 8.49. The number of methoxy groups -OCH3 is 1. The molecule has 2 aliphatic heterocycles. The first-order chi connectivity index (χ1) is 18.5. The van der Waals surface area contributed by atoms with Gasteiger partial charge in [0.15, 0.2) is 16.7 Å². The second kappa shape index (κ2) is 11.5. The van der Waals surface area contributed by atoms with E-state index >= 15 is 0 Å². The van der Waals surface area contributed by atoms with Crippen LogP contribution in [0.4, 0.5) is 11.4 Å². The predicted molar refractivity (Wildman–Crippen MR) is 145 cm³/mol. The van der Waals surface area contributed by atoms with Gasteiger partial charge in [0, 0.05) is 6.42 Å². The van der Waals surface area contributed by atoms with Gasteiger partial charge in [-0.3, -0.25) is 14.5 Å². The van der Waals surface area contributed by atoms with Crippen molar-refractivity contribution in [2.75, 3.05) is 25.8 Å². The summed E-state index contributed by atoms with van der Waals surface area (Å²) in [7, 11) is 1.54. The molecule has 1 fully saturated rings. The van der Waals surface area contributed by atoms with Crippen molar-refractivity contribution in [1.29, 1.82) is 0 Å². The van der Waals surface area contributed by atoms with Crippen LogP contribution in [0.25, 0.3) is 0 Å². The maximum Gasteiger partial charge on any atom is 0.238 e. The Kier molecular flexibility index (Phi) is 7.69. The summed E-state index contributed by atoms with van der Waals surface area (Å²) in [5.74, 6) is 2.08. The van der Waals surface area contributed by atoms with Crippen molar-refractivity contribution in [3.63, 3.8) is 0 Å². The zero-order chi connectivity index (χ0) is 26.5. The Morgan fingerprint density at radius 1 is 1.11 bits per heavy atom. The lowest BCUT2D eigenvalue weighted by Gasteiger charge is -2.32. The number of benzene rings is 3. The van der Waals surface area contributed by atoms with E-state index in [0.29, 0.717) is 40.4 Å². The number of rotatable bonds is 8. The molecule has 0 bridgehead atoms. The number of anilines is 1. The second-order valence-corrected chi connectivity index (χ2v) is 9.66. The van der Waals surface area contributed by atoms with E-state index in [-0.39, 0.29) is 31.6 Å². The third-order valence-corrected chi connectivity index (χ3v) is 7.13. The minimum Gasteiger partial charge on any atom is -0.495 e. The Balaban J connectivity index is 1.41. The third-order valence-electron chi connectivity index (χ3n) is 5.95. The van der Waals surface area contributed by atoms with E-state index < -0.39 is 5.25 Å². The molecule has 2 heterocycles. The van der Waals surface area contributed by atoms with E-state index in [9.17, 15) is 9.59 Å². The molecule has 0 unspecified atom stereocenters. The first-order valence-corrected chi connectivity index (χ1v) is 13.0. The molecule has 38 heavy (non-hydrogen) atoms. The molecule has 3 aromatic carbocycles. The van der Waals surface area contributed by atoms with Crippen molar-refractivity contribution in [3.05, 3.63) is 72.3 Å². The fraction of sp³-hybridized carbons (Fsp3) is 0.250. The fourth-order valence-corrected chi connectivity index (χ4v) is 5.17. The first kappa shape index (κ1) is 25.5. The van der Waals surface area contributed by atoms with Gasteiger partial charge in [0.05, 0.1) is 31.6 Å². The van der Waals surface area contributed by atoms with E-state index in [1.807, 2.05) is 61.5 Å². The third kappa shape index (κ3) is 5.70. The molecule has 1 saturated heterocycles. The van der Waals surface area contributed by atoms with Crippen LogP contribution in [-0.2, 0) is 16.1 Å². The summed E-state index contributed by atoms with van der Waals surface area (Å²) < 4.78 is 21.8. The first-order valence-electron chi connectivity index (χ1n) is 12.1. The maximum absolute atomic E-state index is 13.4. The summed E-state index contributed by atoms with van der Waals surface area (Å²) in [6.45, 7) is 2.93. The van der Waals surface area contributed by atoms with Gasteiger partial charge in [0.25, 0.3) is 0 Å². The highest BCUT2D eigenvalue weighted by Gasteiger charge is 2.36. The van der Waals surface area contributed by atoms with Gasteiger partial charge in [-0.15, -0.1) is 0 Å². The molecule has 0 saturated carbocycles. The van der Waals surface area contributed by atoms with Crippen molar-refractivity contribution >= 4 is 40.1 Å². The van der Waals surface area contributed by atoms with Crippen molar-refractivity contribution in [1.82, 2.24) is 4.90 Å². The number of thioether (sulfide) groups is 1. The van der Waals surface area contributed by atoms with Gasteiger partial charge in [-0.05, 0) is 61.0 Å². The monoisotopic (exact) mass is 533 g/mol. The minimum atomic E-state index is -0.665. The zero-order valence-corrected chi connectivity index (χ0v) is 21.8. The van der Waals surface area contributed by atoms with Crippen LogP contribution in [0.15, 0.2) is 71.7 Å². The summed E-state index contributed by atoms with van der Waals surface area (Å²) in [5, 5.41) is 2.66. The van der Waals surface area contributed by atoms with Gasteiger partial charge < -0.3 is 24.3 Å². The number of nitrogens with zero attached hydrogens (tertiary/aromatic N) is 2. The average molecular weight is 534 g/mol. The van der Waals surface area contributed by atoms with E-state index in [1.54, 1.807) is 24.1 Å². The molecule has 2 amide bonds. The Bertz CT molecular complexity index is 1360. The number of carbonyl (C=O) groups excluding carboxylic acids is 2. The van der Waals surface area contributed by atoms with Gasteiger partial charge in [-0.25, -0.2) is 4.99 Å². The van der Waals surface area contributed by atoms with Gasteiger partial charge in [0.1, 0.15) is 16.7 Å². The normalized spacial score (nSPS) is 17.4. The Morgan fingerprint density at radius 2 is 1.89 bits per heavy atom. The van der Waals surface area contributed by atoms with Crippen LogP contribution in [0.2, 0.25) is 0 Å². The Labute approximate surface area is 224 Å². The SMILES string of the molecule is CCOc1ccc(N=C2S[C@H](C(=O)Nc3ccccc3OC)CC(=O)N2Cc2ccc3c(c2)OCO3)cc1. The lowest BCUT2D eigenvalue weighted by molar-refractivity contribution is -0.129. The smallest absolute Gasteiger partial charge is 0.238 e. The van der Waals surface area contributed by atoms with Crippen LogP contribution in [-0.4, -0.2) is 47.6 Å². The molecule has 2 aliphatic rings. The Morgan fingerprint density at radius 3 is 2.68 bits per heavy atom. The highest BCUT2D eigenvalue weighted by atomic mass is 32.2. The molecule has 9 nitrogen and oxygen atoms in total. The highest BCUT2D eigenvalue weighted by Crippen LogP contribution is 2.35. The lowest BCUT2D eigenvalue weighted by atomic mass is 10.1. The molecule has 0 aliphatic carbocycles. The number of carbonyl (C=O) groups is 2. The topological polar surface area (TPSA) is 98.7 Å². The number of hydrogen-bond acceptors (Lipinski definition) is 8. The quantitative estimate of drug-likeness (QED) is 0.436. The van der Waals surface area contributed by atoms with Gasteiger partial charge in [-0.1, -0.05) is 30.0 Å². The minimum absolute atomic E-state index is 0.0263. The van der Waals surface area contributed by atoms with E-state index in [2.05, 4.69) is 5.32 Å². The standard InChI is InChI=1S/C28H27N3O6S/c1-3-35-20-11-9-19(10-12-20)29-28-31(16-18-8-13-23-24(14-18)37-17-36-23)26(32)15-25(38-28)27(33)30-21-6-4-5-7-22(21)34-2/h4-14,25H,3,15-17H2,1-2H3,(H,30,33)/t25-/m0/s1. The van der Waals surface area contributed by atoms with Crippen molar-refractivity contribution < 1.29 is 28.5 Å². The largest absolute Gasteiger partial charge is 0.495 e. The van der Waals surface area contributed by atoms with Gasteiger partial charge in [-0.2, -0.15) is 0 Å². The molecule has 1 N–H and O–H groups in total. The van der Waals surface area contributed by atoms with E-state index in [0.717, 1.165) is 11.3 Å². The van der Waals surface area contributed by atoms with Crippen LogP contribution in [0.3, 0.4) is 0 Å². The van der Waals surface area contributed by atoms with Crippen LogP contribution in [0.1, 0.15) is 18.9 Å². The lowest BCUT2D eigenvalue weighted by Crippen LogP contribution is -2.44. The van der Waals surface area contributed by atoms with E-state index in [4.69, 9.17) is 23.9 Å². The fourth-order valence-electron chi connectivity index (χ4n) is 4.07. The zero-order valence-electron chi connectivity index (χ0n) is 21.0. The highest BCUT2D eigenvalue weighted by molar-refractivity contribution is 8.15. The van der Waals surface area contributed by atoms with E-state index in [1.165, 1.54) is 11.8 Å². The van der Waals surface area contributed by atoms with Crippen LogP contribution < -0.4 is 24.3 Å².